The van der Waals surface area contributed by atoms with Crippen molar-refractivity contribution < 1.29 is 8.78 Å². The van der Waals surface area contributed by atoms with E-state index in [1.165, 1.54) is 0 Å². The topological polar surface area (TPSA) is 0 Å². The van der Waals surface area contributed by atoms with Crippen LogP contribution in [0.15, 0.2) is 24.3 Å². The first-order valence-electron chi connectivity index (χ1n) is 4.23. The van der Waals surface area contributed by atoms with Crippen molar-refractivity contribution in [1.82, 2.24) is 0 Å². The first-order chi connectivity index (χ1) is 6.09. The lowest BCUT2D eigenvalue weighted by Crippen LogP contribution is -2.36. The summed E-state index contributed by atoms with van der Waals surface area (Å²) in [6.45, 7) is 0. The van der Waals surface area contributed by atoms with Gasteiger partial charge in [-0.25, -0.2) is 8.78 Å². The Morgan fingerprint density at radius 1 is 1.23 bits per heavy atom. The van der Waals surface area contributed by atoms with Crippen LogP contribution in [-0.2, 0) is 0 Å². The highest BCUT2D eigenvalue weighted by Gasteiger charge is 2.48. The summed E-state index contributed by atoms with van der Waals surface area (Å²) in [4.78, 5) is 0. The molecule has 0 heterocycles. The number of hydrogen-bond acceptors (Lipinski definition) is 0. The molecule has 0 amide bonds. The summed E-state index contributed by atoms with van der Waals surface area (Å²) in [5, 5.41) is 0. The maximum atomic E-state index is 13.0. The van der Waals surface area contributed by atoms with E-state index in [1.54, 1.807) is 12.1 Å². The van der Waals surface area contributed by atoms with Gasteiger partial charge in [-0.3, -0.25) is 0 Å². The van der Waals surface area contributed by atoms with E-state index >= 15 is 0 Å². The Morgan fingerprint density at radius 2 is 1.85 bits per heavy atom. The van der Waals surface area contributed by atoms with Crippen molar-refractivity contribution in [2.24, 2.45) is 0 Å². The van der Waals surface area contributed by atoms with Crippen molar-refractivity contribution in [1.29, 1.82) is 0 Å². The molecule has 0 aliphatic heterocycles. The van der Waals surface area contributed by atoms with Crippen LogP contribution in [-0.4, -0.2) is 5.92 Å². The second kappa shape index (κ2) is 3.19. The Kier molecular flexibility index (Phi) is 2.30. The van der Waals surface area contributed by atoms with Crippen molar-refractivity contribution in [2.75, 3.05) is 0 Å². The maximum absolute atomic E-state index is 13.0. The third-order valence-electron chi connectivity index (χ3n) is 2.55. The summed E-state index contributed by atoms with van der Waals surface area (Å²) in [6, 6.07) is 7.37. The molecule has 70 valence electrons. The lowest BCUT2D eigenvalue weighted by molar-refractivity contribution is -0.0962. The van der Waals surface area contributed by atoms with E-state index in [9.17, 15) is 8.78 Å². The lowest BCUT2D eigenvalue weighted by atomic mass is 9.76. The Bertz CT molecular complexity index is 305. The van der Waals surface area contributed by atoms with E-state index in [0.29, 0.717) is 6.42 Å². The molecule has 13 heavy (non-hydrogen) atoms. The fourth-order valence-electron chi connectivity index (χ4n) is 1.61. The van der Waals surface area contributed by atoms with Crippen LogP contribution in [0.5, 0.6) is 0 Å². The number of hydrogen-bond donors (Lipinski definition) is 0. The van der Waals surface area contributed by atoms with Crippen LogP contribution < -0.4 is 0 Å². The molecule has 1 aliphatic carbocycles. The molecule has 1 saturated carbocycles. The van der Waals surface area contributed by atoms with Gasteiger partial charge in [0.15, 0.2) is 0 Å². The summed E-state index contributed by atoms with van der Waals surface area (Å²) in [7, 11) is 0. The Balaban J connectivity index is 2.22. The highest BCUT2D eigenvalue weighted by Crippen LogP contribution is 2.49. The van der Waals surface area contributed by atoms with Crippen molar-refractivity contribution in [2.45, 2.75) is 24.7 Å². The standard InChI is InChI=1S/C10H9F2I/c11-10(12)6-5-9(10)7-1-3-8(13)4-2-7/h1-4,9H,5-6H2. The number of benzene rings is 1. The molecule has 0 saturated heterocycles. The quantitative estimate of drug-likeness (QED) is 0.691. The smallest absolute Gasteiger partial charge is 0.206 e. The molecular formula is C10H9F2I. The second-order valence-corrected chi connectivity index (χ2v) is 4.65. The monoisotopic (exact) mass is 294 g/mol. The largest absolute Gasteiger partial charge is 0.254 e. The minimum Gasteiger partial charge on any atom is -0.206 e. The van der Waals surface area contributed by atoms with Gasteiger partial charge in [-0.05, 0) is 46.7 Å². The van der Waals surface area contributed by atoms with Crippen LogP contribution in [0.3, 0.4) is 0 Å². The normalized spacial score (nSPS) is 25.3. The fraction of sp³-hybridized carbons (Fsp3) is 0.400. The van der Waals surface area contributed by atoms with Crippen LogP contribution in [0.25, 0.3) is 0 Å². The average Bonchev–Trinajstić information content (AvgIpc) is 2.07. The summed E-state index contributed by atoms with van der Waals surface area (Å²) in [6.07, 6.45) is 0.664. The summed E-state index contributed by atoms with van der Waals surface area (Å²) in [5.74, 6) is -3.00. The van der Waals surface area contributed by atoms with Crippen LogP contribution in [0.4, 0.5) is 8.78 Å². The molecule has 0 radical (unpaired) electrons. The summed E-state index contributed by atoms with van der Waals surface area (Å²) >= 11 is 2.17. The van der Waals surface area contributed by atoms with Gasteiger partial charge < -0.3 is 0 Å². The van der Waals surface area contributed by atoms with Crippen molar-refractivity contribution in [3.8, 4) is 0 Å². The Labute approximate surface area is 89.5 Å². The van der Waals surface area contributed by atoms with Crippen LogP contribution >= 0.6 is 22.6 Å². The average molecular weight is 294 g/mol. The maximum Gasteiger partial charge on any atom is 0.254 e. The first-order valence-corrected chi connectivity index (χ1v) is 5.31. The van der Waals surface area contributed by atoms with Gasteiger partial charge in [0, 0.05) is 15.9 Å². The third-order valence-corrected chi connectivity index (χ3v) is 3.27. The first kappa shape index (κ1) is 9.37. The van der Waals surface area contributed by atoms with E-state index in [0.717, 1.165) is 9.13 Å². The Morgan fingerprint density at radius 3 is 2.23 bits per heavy atom. The predicted octanol–water partition coefficient (Wildman–Crippen LogP) is 3.80. The summed E-state index contributed by atoms with van der Waals surface area (Å²) < 4.78 is 27.1. The van der Waals surface area contributed by atoms with E-state index in [4.69, 9.17) is 0 Å². The summed E-state index contributed by atoms with van der Waals surface area (Å²) in [5.41, 5.74) is 0.775. The van der Waals surface area contributed by atoms with Crippen LogP contribution in [0, 0.1) is 3.57 Å². The van der Waals surface area contributed by atoms with Gasteiger partial charge in [-0.2, -0.15) is 0 Å². The molecule has 1 atom stereocenters. The molecule has 1 unspecified atom stereocenters. The SMILES string of the molecule is FC1(F)CCC1c1ccc(I)cc1. The lowest BCUT2D eigenvalue weighted by Gasteiger charge is -2.36. The molecule has 0 spiro atoms. The van der Waals surface area contributed by atoms with E-state index in [-0.39, 0.29) is 6.42 Å². The molecular weight excluding hydrogens is 285 g/mol. The molecule has 0 aromatic heterocycles. The zero-order valence-corrected chi connectivity index (χ0v) is 9.09. The van der Waals surface area contributed by atoms with Crippen LogP contribution in [0.2, 0.25) is 0 Å². The molecule has 0 bridgehead atoms. The molecule has 3 heteroatoms. The number of alkyl halides is 2. The van der Waals surface area contributed by atoms with Gasteiger partial charge in [0.1, 0.15) is 0 Å². The molecule has 1 aromatic carbocycles. The molecule has 2 rings (SSSR count). The predicted molar refractivity (Wildman–Crippen MR) is 56.1 cm³/mol. The highest BCUT2D eigenvalue weighted by atomic mass is 127. The fourth-order valence-corrected chi connectivity index (χ4v) is 1.97. The minimum absolute atomic E-state index is 0.0453. The van der Waals surface area contributed by atoms with Gasteiger partial charge in [0.25, 0.3) is 5.92 Å². The van der Waals surface area contributed by atoms with Gasteiger partial charge >= 0.3 is 0 Å². The minimum atomic E-state index is -2.47. The molecule has 0 N–H and O–H groups in total. The van der Waals surface area contributed by atoms with E-state index < -0.39 is 11.8 Å². The van der Waals surface area contributed by atoms with Crippen molar-refractivity contribution in [3.05, 3.63) is 33.4 Å². The van der Waals surface area contributed by atoms with Crippen molar-refractivity contribution in [3.63, 3.8) is 0 Å². The highest BCUT2D eigenvalue weighted by molar-refractivity contribution is 14.1. The van der Waals surface area contributed by atoms with Gasteiger partial charge in [0.05, 0.1) is 0 Å². The van der Waals surface area contributed by atoms with E-state index in [2.05, 4.69) is 22.6 Å². The molecule has 1 fully saturated rings. The van der Waals surface area contributed by atoms with Crippen LogP contribution in [0.1, 0.15) is 24.3 Å². The van der Waals surface area contributed by atoms with E-state index in [1.807, 2.05) is 12.1 Å². The molecule has 1 aromatic rings. The zero-order valence-electron chi connectivity index (χ0n) is 6.93. The van der Waals surface area contributed by atoms with Gasteiger partial charge in [-0.1, -0.05) is 12.1 Å². The zero-order chi connectivity index (χ0) is 9.47. The molecule has 0 nitrogen and oxygen atoms in total. The van der Waals surface area contributed by atoms with Crippen molar-refractivity contribution >= 4 is 22.6 Å². The molecule has 1 aliphatic rings. The number of rotatable bonds is 1. The Hall–Kier alpha value is -0.190. The van der Waals surface area contributed by atoms with Gasteiger partial charge in [-0.15, -0.1) is 0 Å². The van der Waals surface area contributed by atoms with Gasteiger partial charge in [0.2, 0.25) is 0 Å². The number of halogens is 3. The third kappa shape index (κ3) is 1.71. The second-order valence-electron chi connectivity index (χ2n) is 3.40.